The van der Waals surface area contributed by atoms with E-state index in [1.807, 2.05) is 29.8 Å². The fraction of sp³-hybridized carbons (Fsp3) is 0.200. The van der Waals surface area contributed by atoms with Crippen molar-refractivity contribution in [1.82, 2.24) is 9.88 Å². The second-order valence-corrected chi connectivity index (χ2v) is 8.39. The van der Waals surface area contributed by atoms with E-state index in [1.54, 1.807) is 43.3 Å². The molecular weight excluding hydrogens is 376 g/mol. The van der Waals surface area contributed by atoms with Crippen molar-refractivity contribution in [2.45, 2.75) is 11.8 Å². The smallest absolute Gasteiger partial charge is 0.319 e. The third-order valence-corrected chi connectivity index (χ3v) is 6.48. The number of aromatic nitrogens is 1. The SMILES string of the molecule is Cc1c(S(=O)(=O)CCNC(=O)Nc2ccccc2C#N)c2ccccc2n1C. The molecule has 1 heterocycles. The molecule has 0 bridgehead atoms. The maximum atomic E-state index is 12.9. The van der Waals surface area contributed by atoms with Gasteiger partial charge in [-0.05, 0) is 25.1 Å². The highest BCUT2D eigenvalue weighted by atomic mass is 32.2. The number of rotatable bonds is 5. The number of benzene rings is 2. The first-order valence-electron chi connectivity index (χ1n) is 8.66. The van der Waals surface area contributed by atoms with E-state index < -0.39 is 15.9 Å². The minimum Gasteiger partial charge on any atom is -0.347 e. The second kappa shape index (κ2) is 7.74. The zero-order valence-electron chi connectivity index (χ0n) is 15.6. The summed E-state index contributed by atoms with van der Waals surface area (Å²) in [5.74, 6) is -0.227. The second-order valence-electron chi connectivity index (χ2n) is 6.35. The van der Waals surface area contributed by atoms with Crippen molar-refractivity contribution in [3.63, 3.8) is 0 Å². The lowest BCUT2D eigenvalue weighted by atomic mass is 10.2. The number of hydrogen-bond acceptors (Lipinski definition) is 4. The maximum Gasteiger partial charge on any atom is 0.319 e. The average molecular weight is 396 g/mol. The van der Waals surface area contributed by atoms with Crippen LogP contribution in [0.4, 0.5) is 10.5 Å². The number of nitrogens with one attached hydrogen (secondary N) is 2. The van der Waals surface area contributed by atoms with Gasteiger partial charge in [-0.2, -0.15) is 5.26 Å². The van der Waals surface area contributed by atoms with Crippen LogP contribution in [0, 0.1) is 18.3 Å². The Bertz CT molecular complexity index is 1190. The third kappa shape index (κ3) is 3.70. The molecule has 7 nitrogen and oxygen atoms in total. The molecule has 0 aliphatic carbocycles. The summed E-state index contributed by atoms with van der Waals surface area (Å²) >= 11 is 0. The van der Waals surface area contributed by atoms with Crippen LogP contribution in [0.15, 0.2) is 53.4 Å². The molecule has 0 saturated carbocycles. The number of carbonyl (C=O) groups is 1. The first-order valence-corrected chi connectivity index (χ1v) is 10.3. The van der Waals surface area contributed by atoms with Gasteiger partial charge in [0.15, 0.2) is 9.84 Å². The van der Waals surface area contributed by atoms with E-state index in [9.17, 15) is 13.2 Å². The van der Waals surface area contributed by atoms with Gasteiger partial charge in [-0.3, -0.25) is 0 Å². The number of urea groups is 1. The van der Waals surface area contributed by atoms with E-state index in [0.717, 1.165) is 5.52 Å². The molecule has 0 fully saturated rings. The standard InChI is InChI=1S/C20H20N4O3S/c1-14-19(16-8-4-6-10-18(16)24(14)2)28(26,27)12-11-22-20(25)23-17-9-5-3-7-15(17)13-21/h3-10H,11-12H2,1-2H3,(H2,22,23,25). The van der Waals surface area contributed by atoms with Gasteiger partial charge in [0, 0.05) is 30.2 Å². The van der Waals surface area contributed by atoms with Crippen LogP contribution in [0.5, 0.6) is 0 Å². The normalized spacial score (nSPS) is 11.2. The first-order chi connectivity index (χ1) is 13.3. The quantitative estimate of drug-likeness (QED) is 0.692. The van der Waals surface area contributed by atoms with Crippen LogP contribution in [0.25, 0.3) is 10.9 Å². The van der Waals surface area contributed by atoms with Crippen LogP contribution < -0.4 is 10.6 Å². The van der Waals surface area contributed by atoms with Crippen LogP contribution in [-0.4, -0.2) is 31.3 Å². The van der Waals surface area contributed by atoms with E-state index in [2.05, 4.69) is 10.6 Å². The lowest BCUT2D eigenvalue weighted by Gasteiger charge is -2.09. The molecule has 144 valence electrons. The average Bonchev–Trinajstić information content (AvgIpc) is 2.93. The summed E-state index contributed by atoms with van der Waals surface area (Å²) in [6.07, 6.45) is 0. The Labute approximate surface area is 163 Å². The van der Waals surface area contributed by atoms with Gasteiger partial charge in [-0.25, -0.2) is 13.2 Å². The molecule has 0 saturated heterocycles. The van der Waals surface area contributed by atoms with Crippen molar-refractivity contribution in [3.05, 3.63) is 59.8 Å². The first kappa shape index (κ1) is 19.5. The summed E-state index contributed by atoms with van der Waals surface area (Å²) in [5, 5.41) is 14.8. The Kier molecular flexibility index (Phi) is 5.38. The lowest BCUT2D eigenvalue weighted by Crippen LogP contribution is -2.33. The van der Waals surface area contributed by atoms with Crippen molar-refractivity contribution in [2.75, 3.05) is 17.6 Å². The molecule has 1 aromatic heterocycles. The van der Waals surface area contributed by atoms with Crippen molar-refractivity contribution in [2.24, 2.45) is 7.05 Å². The van der Waals surface area contributed by atoms with Gasteiger partial charge >= 0.3 is 6.03 Å². The molecule has 8 heteroatoms. The zero-order chi connectivity index (χ0) is 20.3. The van der Waals surface area contributed by atoms with E-state index in [4.69, 9.17) is 5.26 Å². The molecule has 0 radical (unpaired) electrons. The monoisotopic (exact) mass is 396 g/mol. The summed E-state index contributed by atoms with van der Waals surface area (Å²) in [5.41, 5.74) is 2.21. The van der Waals surface area contributed by atoms with Crippen molar-refractivity contribution >= 4 is 32.5 Å². The molecule has 2 aromatic carbocycles. The molecule has 0 spiro atoms. The Balaban J connectivity index is 1.70. The summed E-state index contributed by atoms with van der Waals surface area (Å²) in [6.45, 7) is 1.72. The predicted octanol–water partition coefficient (Wildman–Crippen LogP) is 2.95. The fourth-order valence-corrected chi connectivity index (χ4v) is 4.81. The van der Waals surface area contributed by atoms with Crippen LogP contribution in [0.3, 0.4) is 0 Å². The minimum atomic E-state index is -3.59. The fourth-order valence-electron chi connectivity index (χ4n) is 3.14. The molecule has 0 unspecified atom stereocenters. The summed E-state index contributed by atoms with van der Waals surface area (Å²) in [6, 6.07) is 15.3. The number of aryl methyl sites for hydroxylation is 1. The van der Waals surface area contributed by atoms with Crippen molar-refractivity contribution < 1.29 is 13.2 Å². The number of hydrogen-bond donors (Lipinski definition) is 2. The number of fused-ring (bicyclic) bond motifs is 1. The number of anilines is 1. The van der Waals surface area contributed by atoms with Gasteiger partial charge < -0.3 is 15.2 Å². The zero-order valence-corrected chi connectivity index (χ0v) is 16.4. The van der Waals surface area contributed by atoms with Gasteiger partial charge in [-0.1, -0.05) is 30.3 Å². The van der Waals surface area contributed by atoms with Crippen LogP contribution >= 0.6 is 0 Å². The van der Waals surface area contributed by atoms with Gasteiger partial charge in [0.05, 0.1) is 21.9 Å². The Hall–Kier alpha value is -3.31. The molecular formula is C20H20N4O3S. The highest BCUT2D eigenvalue weighted by Gasteiger charge is 2.24. The van der Waals surface area contributed by atoms with Crippen molar-refractivity contribution in [3.8, 4) is 6.07 Å². The lowest BCUT2D eigenvalue weighted by molar-refractivity contribution is 0.252. The van der Waals surface area contributed by atoms with E-state index in [0.29, 0.717) is 27.2 Å². The number of amides is 2. The highest BCUT2D eigenvalue weighted by molar-refractivity contribution is 7.91. The van der Waals surface area contributed by atoms with E-state index in [1.165, 1.54) is 0 Å². The Morgan fingerprint density at radius 3 is 2.57 bits per heavy atom. The largest absolute Gasteiger partial charge is 0.347 e. The molecule has 0 aliphatic heterocycles. The van der Waals surface area contributed by atoms with Gasteiger partial charge in [-0.15, -0.1) is 0 Å². The van der Waals surface area contributed by atoms with Crippen molar-refractivity contribution in [1.29, 1.82) is 5.26 Å². The molecule has 2 N–H and O–H groups in total. The van der Waals surface area contributed by atoms with E-state index in [-0.39, 0.29) is 12.3 Å². The van der Waals surface area contributed by atoms with Crippen LogP contribution in [0.2, 0.25) is 0 Å². The predicted molar refractivity (Wildman–Crippen MR) is 108 cm³/mol. The number of nitriles is 1. The van der Waals surface area contributed by atoms with Gasteiger partial charge in [0.1, 0.15) is 6.07 Å². The Morgan fingerprint density at radius 1 is 1.14 bits per heavy atom. The number of carbonyl (C=O) groups excluding carboxylic acids is 1. The number of nitrogens with zero attached hydrogens (tertiary/aromatic N) is 2. The highest BCUT2D eigenvalue weighted by Crippen LogP contribution is 2.29. The van der Waals surface area contributed by atoms with Crippen LogP contribution in [-0.2, 0) is 16.9 Å². The molecule has 3 aromatic rings. The molecule has 28 heavy (non-hydrogen) atoms. The maximum absolute atomic E-state index is 12.9. The Morgan fingerprint density at radius 2 is 1.82 bits per heavy atom. The summed E-state index contributed by atoms with van der Waals surface area (Å²) in [7, 11) is -1.77. The molecule has 0 atom stereocenters. The van der Waals surface area contributed by atoms with E-state index >= 15 is 0 Å². The topological polar surface area (TPSA) is 104 Å². The van der Waals surface area contributed by atoms with Crippen LogP contribution in [0.1, 0.15) is 11.3 Å². The molecule has 2 amide bonds. The summed E-state index contributed by atoms with van der Waals surface area (Å²) < 4.78 is 27.6. The molecule has 0 aliphatic rings. The van der Waals surface area contributed by atoms with Gasteiger partial charge in [0.2, 0.25) is 0 Å². The molecule has 3 rings (SSSR count). The third-order valence-electron chi connectivity index (χ3n) is 4.60. The number of sulfone groups is 1. The minimum absolute atomic E-state index is 0.0501. The summed E-state index contributed by atoms with van der Waals surface area (Å²) in [4.78, 5) is 12.3. The van der Waals surface area contributed by atoms with Gasteiger partial charge in [0.25, 0.3) is 0 Å². The number of para-hydroxylation sites is 2.